The normalized spacial score (nSPS) is 10.3. The van der Waals surface area contributed by atoms with Crippen LogP contribution in [-0.4, -0.2) is 9.97 Å². The molecular formula is C7H6N2S2. The summed E-state index contributed by atoms with van der Waals surface area (Å²) in [6.07, 6.45) is 1.80. The van der Waals surface area contributed by atoms with Gasteiger partial charge in [0, 0.05) is 16.5 Å². The molecule has 2 aromatic rings. The van der Waals surface area contributed by atoms with E-state index in [1.807, 2.05) is 10.9 Å². The molecule has 0 fully saturated rings. The van der Waals surface area contributed by atoms with E-state index >= 15 is 0 Å². The van der Waals surface area contributed by atoms with E-state index in [1.165, 1.54) is 4.88 Å². The first-order chi connectivity index (χ1) is 5.38. The third-order valence-corrected chi connectivity index (χ3v) is 2.92. The van der Waals surface area contributed by atoms with Crippen molar-refractivity contribution in [1.82, 2.24) is 9.97 Å². The van der Waals surface area contributed by atoms with Crippen molar-refractivity contribution >= 4 is 22.7 Å². The summed E-state index contributed by atoms with van der Waals surface area (Å²) in [5.41, 5.74) is 2.89. The van der Waals surface area contributed by atoms with Crippen LogP contribution >= 0.6 is 22.7 Å². The molecule has 0 aliphatic carbocycles. The van der Waals surface area contributed by atoms with Gasteiger partial charge in [0.05, 0.1) is 5.51 Å². The van der Waals surface area contributed by atoms with Gasteiger partial charge in [-0.3, -0.25) is 0 Å². The Labute approximate surface area is 72.6 Å². The van der Waals surface area contributed by atoms with Crippen LogP contribution in [0.5, 0.6) is 0 Å². The highest BCUT2D eigenvalue weighted by Gasteiger charge is 2.05. The first kappa shape index (κ1) is 6.94. The maximum Gasteiger partial charge on any atom is 0.142 e. The van der Waals surface area contributed by atoms with Crippen LogP contribution in [0.2, 0.25) is 0 Å². The second kappa shape index (κ2) is 2.71. The van der Waals surface area contributed by atoms with Gasteiger partial charge in [0.15, 0.2) is 0 Å². The van der Waals surface area contributed by atoms with E-state index in [9.17, 15) is 0 Å². The predicted molar refractivity (Wildman–Crippen MR) is 48.0 cm³/mol. The fourth-order valence-electron chi connectivity index (χ4n) is 0.851. The van der Waals surface area contributed by atoms with Gasteiger partial charge in [0.2, 0.25) is 0 Å². The van der Waals surface area contributed by atoms with E-state index in [4.69, 9.17) is 0 Å². The van der Waals surface area contributed by atoms with Crippen LogP contribution in [0.4, 0.5) is 0 Å². The van der Waals surface area contributed by atoms with E-state index in [1.54, 1.807) is 28.9 Å². The highest BCUT2D eigenvalue weighted by molar-refractivity contribution is 7.14. The van der Waals surface area contributed by atoms with Crippen molar-refractivity contribution in [2.24, 2.45) is 0 Å². The molecule has 0 amide bonds. The van der Waals surface area contributed by atoms with E-state index in [-0.39, 0.29) is 0 Å². The Hall–Kier alpha value is -0.740. The third-order valence-electron chi connectivity index (χ3n) is 1.38. The molecule has 0 saturated heterocycles. The molecule has 2 rings (SSSR count). The average molecular weight is 182 g/mol. The molecule has 4 heteroatoms. The lowest BCUT2D eigenvalue weighted by atomic mass is 10.4. The van der Waals surface area contributed by atoms with E-state index < -0.39 is 0 Å². The molecule has 0 aliphatic heterocycles. The molecule has 0 spiro atoms. The van der Waals surface area contributed by atoms with Gasteiger partial charge < -0.3 is 0 Å². The van der Waals surface area contributed by atoms with Gasteiger partial charge in [-0.15, -0.1) is 22.7 Å². The van der Waals surface area contributed by atoms with Crippen molar-refractivity contribution in [3.05, 3.63) is 22.0 Å². The lowest BCUT2D eigenvalue weighted by molar-refractivity contribution is 1.32. The summed E-state index contributed by atoms with van der Waals surface area (Å²) in [6, 6.07) is 0. The highest BCUT2D eigenvalue weighted by atomic mass is 32.1. The summed E-state index contributed by atoms with van der Waals surface area (Å²) < 4.78 is 0. The van der Waals surface area contributed by atoms with E-state index in [0.29, 0.717) is 0 Å². The Bertz CT molecular complexity index is 337. The van der Waals surface area contributed by atoms with Crippen molar-refractivity contribution in [2.45, 2.75) is 6.92 Å². The molecule has 11 heavy (non-hydrogen) atoms. The molecule has 2 aromatic heterocycles. The summed E-state index contributed by atoms with van der Waals surface area (Å²) in [5.74, 6) is 0. The molecule has 0 aliphatic rings. The number of nitrogens with zero attached hydrogens (tertiary/aromatic N) is 2. The number of hydrogen-bond donors (Lipinski definition) is 0. The van der Waals surface area contributed by atoms with Crippen LogP contribution in [0.25, 0.3) is 10.7 Å². The summed E-state index contributed by atoms with van der Waals surface area (Å²) >= 11 is 3.29. The predicted octanol–water partition coefficient (Wildman–Crippen LogP) is 2.58. The quantitative estimate of drug-likeness (QED) is 0.677. The second-order valence-electron chi connectivity index (χ2n) is 2.09. The van der Waals surface area contributed by atoms with Crippen molar-refractivity contribution in [2.75, 3.05) is 0 Å². The van der Waals surface area contributed by atoms with Crippen LogP contribution in [-0.2, 0) is 0 Å². The molecule has 0 bridgehead atoms. The Morgan fingerprint density at radius 2 is 2.18 bits per heavy atom. The Morgan fingerprint density at radius 1 is 1.27 bits per heavy atom. The molecule has 56 valence electrons. The summed E-state index contributed by atoms with van der Waals surface area (Å²) in [7, 11) is 0. The number of rotatable bonds is 1. The number of aryl methyl sites for hydroxylation is 1. The fourth-order valence-corrected chi connectivity index (χ4v) is 2.18. The number of thiazole rings is 2. The lowest BCUT2D eigenvalue weighted by Gasteiger charge is -1.88. The Morgan fingerprint density at radius 3 is 2.73 bits per heavy atom. The maximum absolute atomic E-state index is 4.22. The van der Waals surface area contributed by atoms with Crippen LogP contribution in [0, 0.1) is 6.92 Å². The number of aromatic nitrogens is 2. The minimum Gasteiger partial charge on any atom is -0.243 e. The number of hydrogen-bond acceptors (Lipinski definition) is 4. The first-order valence-electron chi connectivity index (χ1n) is 3.18. The van der Waals surface area contributed by atoms with Gasteiger partial charge in [0.25, 0.3) is 0 Å². The minimum atomic E-state index is 1.02. The van der Waals surface area contributed by atoms with Crippen LogP contribution < -0.4 is 0 Å². The largest absolute Gasteiger partial charge is 0.243 e. The zero-order valence-electron chi connectivity index (χ0n) is 5.94. The third kappa shape index (κ3) is 1.19. The molecule has 0 unspecified atom stereocenters. The van der Waals surface area contributed by atoms with Gasteiger partial charge in [-0.2, -0.15) is 0 Å². The van der Waals surface area contributed by atoms with Crippen molar-refractivity contribution in [3.63, 3.8) is 0 Å². The van der Waals surface area contributed by atoms with Crippen LogP contribution in [0.1, 0.15) is 4.88 Å². The second-order valence-corrected chi connectivity index (χ2v) is 4.05. The average Bonchev–Trinajstić information content (AvgIpc) is 2.55. The van der Waals surface area contributed by atoms with E-state index in [2.05, 4.69) is 16.9 Å². The Kier molecular flexibility index (Phi) is 1.71. The maximum atomic E-state index is 4.22. The molecule has 0 N–H and O–H groups in total. The van der Waals surface area contributed by atoms with E-state index in [0.717, 1.165) is 10.7 Å². The summed E-state index contributed by atoms with van der Waals surface area (Å²) in [6.45, 7) is 2.06. The molecule has 0 atom stereocenters. The lowest BCUT2D eigenvalue weighted by Crippen LogP contribution is -1.76. The molecule has 2 nitrogen and oxygen atoms in total. The van der Waals surface area contributed by atoms with Gasteiger partial charge in [-0.05, 0) is 6.92 Å². The van der Waals surface area contributed by atoms with Crippen molar-refractivity contribution in [3.8, 4) is 10.7 Å². The summed E-state index contributed by atoms with van der Waals surface area (Å²) in [5, 5.41) is 2.98. The van der Waals surface area contributed by atoms with Crippen LogP contribution in [0.15, 0.2) is 17.1 Å². The Balaban J connectivity index is 2.53. The van der Waals surface area contributed by atoms with Crippen LogP contribution in [0.3, 0.4) is 0 Å². The zero-order valence-corrected chi connectivity index (χ0v) is 7.58. The molecule has 0 aromatic carbocycles. The zero-order chi connectivity index (χ0) is 7.68. The monoisotopic (exact) mass is 182 g/mol. The fraction of sp³-hybridized carbons (Fsp3) is 0.143. The van der Waals surface area contributed by atoms with Gasteiger partial charge in [0.1, 0.15) is 10.7 Å². The highest BCUT2D eigenvalue weighted by Crippen LogP contribution is 2.25. The van der Waals surface area contributed by atoms with Gasteiger partial charge >= 0.3 is 0 Å². The van der Waals surface area contributed by atoms with Crippen molar-refractivity contribution < 1.29 is 0 Å². The smallest absolute Gasteiger partial charge is 0.142 e. The minimum absolute atomic E-state index is 1.02. The standard InChI is InChI=1S/C7H6N2S2/c1-5-6(9-4-11-5)7-8-2-3-10-7/h2-4H,1H3. The van der Waals surface area contributed by atoms with Gasteiger partial charge in [-0.1, -0.05) is 0 Å². The molecule has 2 heterocycles. The molecule has 0 radical (unpaired) electrons. The molecular weight excluding hydrogens is 176 g/mol. The van der Waals surface area contributed by atoms with Crippen molar-refractivity contribution in [1.29, 1.82) is 0 Å². The first-order valence-corrected chi connectivity index (χ1v) is 4.94. The van der Waals surface area contributed by atoms with Gasteiger partial charge in [-0.25, -0.2) is 9.97 Å². The summed E-state index contributed by atoms with van der Waals surface area (Å²) in [4.78, 5) is 9.64. The SMILES string of the molecule is Cc1scnc1-c1nccs1. The topological polar surface area (TPSA) is 25.8 Å². The molecule has 0 saturated carbocycles.